The number of aromatic nitrogens is 4. The van der Waals surface area contributed by atoms with Gasteiger partial charge in [0.15, 0.2) is 0 Å². The molecular formula is C27H20ClF2N5O. The van der Waals surface area contributed by atoms with Crippen LogP contribution in [0.4, 0.5) is 8.78 Å². The Balaban J connectivity index is 1.49. The van der Waals surface area contributed by atoms with Gasteiger partial charge in [0.05, 0.1) is 16.7 Å². The number of nitrogens with one attached hydrogen (secondary N) is 2. The third kappa shape index (κ3) is 5.08. The SMILES string of the molecule is O=C(NCCCc1ncc[nH]1)c1ccc2nc(-c3ccc(F)cc3)c(-c3cc(Cl)ccc3F)nc2c1. The number of H-pyrrole nitrogens is 1. The molecule has 1 amide bonds. The van der Waals surface area contributed by atoms with Crippen molar-refractivity contribution in [2.24, 2.45) is 0 Å². The molecule has 5 rings (SSSR count). The second-order valence-electron chi connectivity index (χ2n) is 8.15. The fourth-order valence-electron chi connectivity index (χ4n) is 3.87. The molecule has 5 aromatic rings. The molecule has 0 aliphatic carbocycles. The monoisotopic (exact) mass is 503 g/mol. The fourth-order valence-corrected chi connectivity index (χ4v) is 4.04. The molecular weight excluding hydrogens is 484 g/mol. The number of rotatable bonds is 7. The fraction of sp³-hybridized carbons (Fsp3) is 0.111. The molecule has 0 spiro atoms. The molecule has 0 fully saturated rings. The first-order valence-corrected chi connectivity index (χ1v) is 11.7. The maximum absolute atomic E-state index is 14.8. The molecule has 2 aromatic heterocycles. The normalized spacial score (nSPS) is 11.1. The van der Waals surface area contributed by atoms with Crippen LogP contribution in [0.5, 0.6) is 0 Å². The zero-order chi connectivity index (χ0) is 25.1. The minimum atomic E-state index is -0.526. The minimum absolute atomic E-state index is 0.156. The van der Waals surface area contributed by atoms with Gasteiger partial charge in [0, 0.05) is 47.1 Å². The van der Waals surface area contributed by atoms with Crippen LogP contribution >= 0.6 is 11.6 Å². The minimum Gasteiger partial charge on any atom is -0.352 e. The number of carbonyl (C=O) groups excluding carboxylic acids is 1. The van der Waals surface area contributed by atoms with E-state index in [-0.39, 0.29) is 17.2 Å². The van der Waals surface area contributed by atoms with Crippen molar-refractivity contribution in [3.63, 3.8) is 0 Å². The van der Waals surface area contributed by atoms with Crippen molar-refractivity contribution in [3.8, 4) is 22.5 Å². The summed E-state index contributed by atoms with van der Waals surface area (Å²) in [6.45, 7) is 0.478. The van der Waals surface area contributed by atoms with Crippen molar-refractivity contribution in [1.82, 2.24) is 25.3 Å². The topological polar surface area (TPSA) is 83.6 Å². The molecule has 180 valence electrons. The maximum atomic E-state index is 14.8. The Bertz CT molecular complexity index is 1540. The van der Waals surface area contributed by atoms with Gasteiger partial charge in [-0.2, -0.15) is 0 Å². The average molecular weight is 504 g/mol. The summed E-state index contributed by atoms with van der Waals surface area (Å²) < 4.78 is 28.4. The number of halogens is 3. The number of benzene rings is 3. The van der Waals surface area contributed by atoms with Gasteiger partial charge in [-0.15, -0.1) is 0 Å². The van der Waals surface area contributed by atoms with Gasteiger partial charge in [-0.1, -0.05) is 11.6 Å². The van der Waals surface area contributed by atoms with Crippen LogP contribution in [0.1, 0.15) is 22.6 Å². The van der Waals surface area contributed by atoms with E-state index in [1.807, 2.05) is 0 Å². The zero-order valence-corrected chi connectivity index (χ0v) is 19.7. The van der Waals surface area contributed by atoms with E-state index in [1.54, 1.807) is 42.7 Å². The highest BCUT2D eigenvalue weighted by Crippen LogP contribution is 2.34. The predicted molar refractivity (Wildman–Crippen MR) is 135 cm³/mol. The lowest BCUT2D eigenvalue weighted by Gasteiger charge is -2.12. The van der Waals surface area contributed by atoms with E-state index in [4.69, 9.17) is 11.6 Å². The van der Waals surface area contributed by atoms with Gasteiger partial charge < -0.3 is 10.3 Å². The molecule has 3 aromatic carbocycles. The first-order valence-electron chi connectivity index (χ1n) is 11.3. The predicted octanol–water partition coefficient (Wildman–Crippen LogP) is 5.98. The summed E-state index contributed by atoms with van der Waals surface area (Å²) in [7, 11) is 0. The Morgan fingerprint density at radius 2 is 1.75 bits per heavy atom. The van der Waals surface area contributed by atoms with E-state index in [0.717, 1.165) is 18.7 Å². The summed E-state index contributed by atoms with van der Waals surface area (Å²) in [6, 6.07) is 14.9. The van der Waals surface area contributed by atoms with Crippen LogP contribution in [-0.2, 0) is 6.42 Å². The molecule has 6 nitrogen and oxygen atoms in total. The summed E-state index contributed by atoms with van der Waals surface area (Å²) in [5.74, 6) is -0.316. The van der Waals surface area contributed by atoms with Gasteiger partial charge in [-0.25, -0.2) is 23.7 Å². The summed E-state index contributed by atoms with van der Waals surface area (Å²) in [5, 5.41) is 3.22. The van der Waals surface area contributed by atoms with Crippen LogP contribution in [0.25, 0.3) is 33.5 Å². The Hall–Kier alpha value is -4.17. The molecule has 0 unspecified atom stereocenters. The van der Waals surface area contributed by atoms with E-state index in [9.17, 15) is 13.6 Å². The molecule has 0 saturated carbocycles. The highest BCUT2D eigenvalue weighted by Gasteiger charge is 2.18. The average Bonchev–Trinajstić information content (AvgIpc) is 3.41. The van der Waals surface area contributed by atoms with E-state index >= 15 is 0 Å². The third-order valence-corrected chi connectivity index (χ3v) is 5.89. The van der Waals surface area contributed by atoms with Gasteiger partial charge in [-0.3, -0.25) is 4.79 Å². The number of aromatic amines is 1. The van der Waals surface area contributed by atoms with Crippen molar-refractivity contribution in [2.75, 3.05) is 6.54 Å². The molecule has 0 aliphatic heterocycles. The Labute approximate surface area is 210 Å². The quantitative estimate of drug-likeness (QED) is 0.268. The van der Waals surface area contributed by atoms with Crippen molar-refractivity contribution >= 4 is 28.5 Å². The standard InChI is InChI=1S/C27H20ClF2N5O/c28-18-6-9-21(30)20(15-18)26-25(16-3-7-19(29)8-4-16)34-22-10-5-17(14-23(22)35-26)27(36)33-11-1-2-24-31-12-13-32-24/h3-10,12-15H,1-2,11H2,(H,31,32)(H,33,36). The zero-order valence-electron chi connectivity index (χ0n) is 18.9. The van der Waals surface area contributed by atoms with Crippen LogP contribution in [0.3, 0.4) is 0 Å². The first-order chi connectivity index (χ1) is 17.5. The Morgan fingerprint density at radius 3 is 2.53 bits per heavy atom. The highest BCUT2D eigenvalue weighted by atomic mass is 35.5. The lowest BCUT2D eigenvalue weighted by atomic mass is 10.0. The number of imidazole rings is 1. The molecule has 0 bridgehead atoms. The number of aryl methyl sites for hydroxylation is 1. The molecule has 9 heteroatoms. The Kier molecular flexibility index (Phi) is 6.69. The van der Waals surface area contributed by atoms with E-state index in [2.05, 4.69) is 25.3 Å². The number of nitrogens with zero attached hydrogens (tertiary/aromatic N) is 3. The van der Waals surface area contributed by atoms with Gasteiger partial charge in [0.1, 0.15) is 23.2 Å². The van der Waals surface area contributed by atoms with Crippen LogP contribution in [-0.4, -0.2) is 32.4 Å². The molecule has 0 atom stereocenters. The lowest BCUT2D eigenvalue weighted by molar-refractivity contribution is 0.0953. The smallest absolute Gasteiger partial charge is 0.251 e. The molecule has 0 aliphatic rings. The van der Waals surface area contributed by atoms with Gasteiger partial charge in [0.25, 0.3) is 5.91 Å². The summed E-state index contributed by atoms with van der Waals surface area (Å²) in [4.78, 5) is 29.3. The Morgan fingerprint density at radius 1 is 0.944 bits per heavy atom. The van der Waals surface area contributed by atoms with Crippen molar-refractivity contribution in [3.05, 3.63) is 101 Å². The number of amides is 1. The van der Waals surface area contributed by atoms with Gasteiger partial charge >= 0.3 is 0 Å². The lowest BCUT2D eigenvalue weighted by Crippen LogP contribution is -2.24. The largest absolute Gasteiger partial charge is 0.352 e. The molecule has 0 saturated heterocycles. The molecule has 2 N–H and O–H groups in total. The summed E-state index contributed by atoms with van der Waals surface area (Å²) in [5.41, 5.74) is 2.67. The van der Waals surface area contributed by atoms with Crippen LogP contribution in [0, 0.1) is 11.6 Å². The number of hydrogen-bond acceptors (Lipinski definition) is 4. The van der Waals surface area contributed by atoms with E-state index in [1.165, 1.54) is 30.3 Å². The van der Waals surface area contributed by atoms with Crippen LogP contribution in [0.15, 0.2) is 73.1 Å². The maximum Gasteiger partial charge on any atom is 0.251 e. The van der Waals surface area contributed by atoms with E-state index < -0.39 is 11.6 Å². The second-order valence-corrected chi connectivity index (χ2v) is 8.59. The van der Waals surface area contributed by atoms with Crippen molar-refractivity contribution in [2.45, 2.75) is 12.8 Å². The van der Waals surface area contributed by atoms with Crippen LogP contribution in [0.2, 0.25) is 5.02 Å². The van der Waals surface area contributed by atoms with Crippen molar-refractivity contribution < 1.29 is 13.6 Å². The molecule has 0 radical (unpaired) electrons. The van der Waals surface area contributed by atoms with Gasteiger partial charge in [0.2, 0.25) is 0 Å². The number of hydrogen-bond donors (Lipinski definition) is 2. The first kappa shape index (κ1) is 23.6. The second kappa shape index (κ2) is 10.2. The summed E-state index contributed by atoms with van der Waals surface area (Å²) >= 11 is 6.14. The highest BCUT2D eigenvalue weighted by molar-refractivity contribution is 6.30. The molecule has 2 heterocycles. The summed E-state index contributed by atoms with van der Waals surface area (Å²) in [6.07, 6.45) is 4.90. The number of fused-ring (bicyclic) bond motifs is 1. The molecule has 36 heavy (non-hydrogen) atoms. The number of carbonyl (C=O) groups is 1. The van der Waals surface area contributed by atoms with Crippen molar-refractivity contribution in [1.29, 1.82) is 0 Å². The third-order valence-electron chi connectivity index (χ3n) is 5.66. The van der Waals surface area contributed by atoms with Crippen LogP contribution < -0.4 is 5.32 Å². The van der Waals surface area contributed by atoms with E-state index in [0.29, 0.717) is 39.4 Å². The van der Waals surface area contributed by atoms with Gasteiger partial charge in [-0.05, 0) is 67.1 Å².